The van der Waals surface area contributed by atoms with E-state index in [9.17, 15) is 13.6 Å². The quantitative estimate of drug-likeness (QED) is 0.430. The first-order valence-electron chi connectivity index (χ1n) is 11.9. The normalized spacial score (nSPS) is 18.2. The van der Waals surface area contributed by atoms with Crippen LogP contribution in [-0.2, 0) is 6.61 Å². The van der Waals surface area contributed by atoms with Gasteiger partial charge in [-0.1, -0.05) is 11.6 Å². The lowest BCUT2D eigenvalue weighted by Gasteiger charge is -2.28. The van der Waals surface area contributed by atoms with E-state index in [4.69, 9.17) is 22.1 Å². The molecule has 2 aliphatic heterocycles. The van der Waals surface area contributed by atoms with Gasteiger partial charge in [-0.15, -0.1) is 11.3 Å². The minimum absolute atomic E-state index is 0.00126. The van der Waals surface area contributed by atoms with Crippen LogP contribution in [-0.4, -0.2) is 57.9 Å². The molecule has 2 aromatic heterocycles. The Kier molecular flexibility index (Phi) is 7.36. The molecule has 2 N–H and O–H groups in total. The number of anilines is 1. The predicted molar refractivity (Wildman–Crippen MR) is 135 cm³/mol. The summed E-state index contributed by atoms with van der Waals surface area (Å²) < 4.78 is 33.4. The van der Waals surface area contributed by atoms with E-state index in [0.717, 1.165) is 56.0 Å². The van der Waals surface area contributed by atoms with Gasteiger partial charge in [0, 0.05) is 24.7 Å². The number of hydrogen-bond donors (Lipinski definition) is 1. The van der Waals surface area contributed by atoms with Crippen molar-refractivity contribution in [2.45, 2.75) is 38.3 Å². The largest absolute Gasteiger partial charge is 0.470 e. The second-order valence-corrected chi connectivity index (χ2v) is 10.5. The third-order valence-electron chi connectivity index (χ3n) is 6.63. The number of hydrogen-bond acceptors (Lipinski definition) is 7. The summed E-state index contributed by atoms with van der Waals surface area (Å²) in [5.74, 6) is -1.44. The highest BCUT2D eigenvalue weighted by atomic mass is 35.5. The van der Waals surface area contributed by atoms with Crippen molar-refractivity contribution in [3.05, 3.63) is 57.6 Å². The molecule has 2 fully saturated rings. The Morgan fingerprint density at radius 3 is 2.72 bits per heavy atom. The number of carbonyl (C=O) groups excluding carboxylic acids is 1. The molecule has 1 amide bonds. The number of nitrogen functional groups attached to an aromatic ring is 1. The summed E-state index contributed by atoms with van der Waals surface area (Å²) in [4.78, 5) is 27.6. The van der Waals surface area contributed by atoms with Gasteiger partial charge in [0.1, 0.15) is 23.9 Å². The lowest BCUT2D eigenvalue weighted by Crippen LogP contribution is -2.42. The maximum absolute atomic E-state index is 14.1. The second kappa shape index (κ2) is 10.7. The molecule has 3 aromatic rings. The Morgan fingerprint density at radius 1 is 1.14 bits per heavy atom. The van der Waals surface area contributed by atoms with E-state index < -0.39 is 11.6 Å². The third-order valence-corrected chi connectivity index (χ3v) is 8.14. The maximum atomic E-state index is 14.1. The van der Waals surface area contributed by atoms with Crippen LogP contribution in [0.25, 0.3) is 10.6 Å². The van der Waals surface area contributed by atoms with Crippen molar-refractivity contribution in [3.63, 3.8) is 0 Å². The second-order valence-electron chi connectivity index (χ2n) is 9.02. The Labute approximate surface area is 216 Å². The van der Waals surface area contributed by atoms with Crippen LogP contribution in [0.2, 0.25) is 5.02 Å². The van der Waals surface area contributed by atoms with Crippen LogP contribution < -0.4 is 10.5 Å². The molecule has 0 spiro atoms. The summed E-state index contributed by atoms with van der Waals surface area (Å²) in [6.07, 6.45) is 5.99. The number of rotatable bonds is 7. The van der Waals surface area contributed by atoms with Gasteiger partial charge in [-0.25, -0.2) is 18.7 Å². The molecule has 7 nitrogen and oxygen atoms in total. The Morgan fingerprint density at radius 2 is 1.92 bits per heavy atom. The number of carbonyl (C=O) groups is 1. The van der Waals surface area contributed by atoms with Gasteiger partial charge in [0.25, 0.3) is 11.8 Å². The van der Waals surface area contributed by atoms with Crippen molar-refractivity contribution >= 4 is 34.7 Å². The van der Waals surface area contributed by atoms with Crippen LogP contribution in [0, 0.1) is 11.6 Å². The van der Waals surface area contributed by atoms with Gasteiger partial charge in [0.15, 0.2) is 5.82 Å². The van der Waals surface area contributed by atoms with Gasteiger partial charge in [0.05, 0.1) is 21.0 Å². The van der Waals surface area contributed by atoms with E-state index in [0.29, 0.717) is 10.6 Å². The van der Waals surface area contributed by atoms with Crippen molar-refractivity contribution in [1.29, 1.82) is 0 Å². The van der Waals surface area contributed by atoms with Gasteiger partial charge < -0.3 is 20.3 Å². The lowest BCUT2D eigenvalue weighted by molar-refractivity contribution is 0.0713. The highest BCUT2D eigenvalue weighted by molar-refractivity contribution is 7.17. The Hall–Kier alpha value is -2.82. The highest BCUT2D eigenvalue weighted by Crippen LogP contribution is 2.32. The summed E-state index contributed by atoms with van der Waals surface area (Å²) in [5, 5.41) is -0.357. The number of aromatic nitrogens is 2. The number of amides is 1. The number of halogens is 3. The number of nitrogens with zero attached hydrogens (tertiary/aromatic N) is 4. The predicted octanol–water partition coefficient (Wildman–Crippen LogP) is 5.00. The SMILES string of the molecule is Nc1ncc(-c2ccc(C(=O)N3CCCC3CN3CCCC3)s2)nc1OCc1c(F)ccc(F)c1Cl. The molecule has 190 valence electrons. The summed E-state index contributed by atoms with van der Waals surface area (Å²) >= 11 is 7.20. The first kappa shape index (κ1) is 24.9. The first-order chi connectivity index (χ1) is 17.4. The summed E-state index contributed by atoms with van der Waals surface area (Å²) in [6.45, 7) is 3.56. The van der Waals surface area contributed by atoms with E-state index in [-0.39, 0.29) is 40.8 Å². The van der Waals surface area contributed by atoms with Gasteiger partial charge in [-0.3, -0.25) is 4.79 Å². The van der Waals surface area contributed by atoms with Crippen molar-refractivity contribution in [2.24, 2.45) is 0 Å². The highest BCUT2D eigenvalue weighted by Gasteiger charge is 2.32. The molecule has 5 rings (SSSR count). The Bertz CT molecular complexity index is 1270. The van der Waals surface area contributed by atoms with E-state index in [1.807, 2.05) is 11.0 Å². The molecule has 2 saturated heterocycles. The smallest absolute Gasteiger partial charge is 0.264 e. The molecule has 1 unspecified atom stereocenters. The van der Waals surface area contributed by atoms with Crippen molar-refractivity contribution in [3.8, 4) is 16.5 Å². The van der Waals surface area contributed by atoms with Crippen LogP contribution >= 0.6 is 22.9 Å². The zero-order valence-electron chi connectivity index (χ0n) is 19.6. The third kappa shape index (κ3) is 5.16. The van der Waals surface area contributed by atoms with Crippen molar-refractivity contribution in [2.75, 3.05) is 31.9 Å². The topological polar surface area (TPSA) is 84.6 Å². The van der Waals surface area contributed by atoms with E-state index in [1.54, 1.807) is 6.07 Å². The molecular weight excluding hydrogens is 508 g/mol. The molecule has 0 saturated carbocycles. The summed E-state index contributed by atoms with van der Waals surface area (Å²) in [6, 6.07) is 5.78. The van der Waals surface area contributed by atoms with Gasteiger partial charge in [-0.05, 0) is 63.0 Å². The van der Waals surface area contributed by atoms with Crippen LogP contribution in [0.3, 0.4) is 0 Å². The molecular formula is C25H26ClF2N5O2S. The number of benzene rings is 1. The number of likely N-dealkylation sites (tertiary alicyclic amines) is 2. The van der Waals surface area contributed by atoms with Crippen LogP contribution in [0.1, 0.15) is 40.9 Å². The number of ether oxygens (including phenoxy) is 1. The average Bonchev–Trinajstić information content (AvgIpc) is 3.65. The average molecular weight is 534 g/mol. The van der Waals surface area contributed by atoms with Crippen LogP contribution in [0.4, 0.5) is 14.6 Å². The van der Waals surface area contributed by atoms with Gasteiger partial charge in [0.2, 0.25) is 0 Å². The zero-order chi connectivity index (χ0) is 25.2. The van der Waals surface area contributed by atoms with Gasteiger partial charge in [-0.2, -0.15) is 0 Å². The van der Waals surface area contributed by atoms with Gasteiger partial charge >= 0.3 is 0 Å². The molecule has 0 aliphatic carbocycles. The minimum Gasteiger partial charge on any atom is -0.470 e. The van der Waals surface area contributed by atoms with Crippen LogP contribution in [0.5, 0.6) is 5.88 Å². The molecule has 36 heavy (non-hydrogen) atoms. The first-order valence-corrected chi connectivity index (χ1v) is 13.1. The van der Waals surface area contributed by atoms with E-state index >= 15 is 0 Å². The molecule has 1 atom stereocenters. The molecule has 11 heteroatoms. The summed E-state index contributed by atoms with van der Waals surface area (Å²) in [5.41, 5.74) is 6.22. The zero-order valence-corrected chi connectivity index (χ0v) is 21.1. The minimum atomic E-state index is -0.749. The molecule has 1 aromatic carbocycles. The summed E-state index contributed by atoms with van der Waals surface area (Å²) in [7, 11) is 0. The fourth-order valence-corrected chi connectivity index (χ4v) is 5.86. The van der Waals surface area contributed by atoms with Crippen molar-refractivity contribution in [1.82, 2.24) is 19.8 Å². The van der Waals surface area contributed by atoms with E-state index in [2.05, 4.69) is 14.9 Å². The standard InChI is InChI=1S/C25H26ClF2N5O2S/c26-22-16(17(27)5-6-18(22)28)14-35-24-23(29)30-12-19(31-24)20-7-8-21(36-20)25(34)33-11-3-4-15(33)13-32-9-1-2-10-32/h5-8,12,15H,1-4,9-11,13-14H2,(H2,29,30). The monoisotopic (exact) mass is 533 g/mol. The molecule has 4 heterocycles. The molecule has 0 bridgehead atoms. The maximum Gasteiger partial charge on any atom is 0.264 e. The Balaban J connectivity index is 1.30. The molecule has 2 aliphatic rings. The van der Waals surface area contributed by atoms with E-state index in [1.165, 1.54) is 30.4 Å². The molecule has 0 radical (unpaired) electrons. The number of thiophene rings is 1. The lowest BCUT2D eigenvalue weighted by atomic mass is 10.2. The van der Waals surface area contributed by atoms with Crippen molar-refractivity contribution < 1.29 is 18.3 Å². The van der Waals surface area contributed by atoms with Crippen LogP contribution in [0.15, 0.2) is 30.5 Å². The number of nitrogens with two attached hydrogens (primary N) is 1. The fourth-order valence-electron chi connectivity index (χ4n) is 4.74. The fraction of sp³-hybridized carbons (Fsp3) is 0.400.